The fourth-order valence-corrected chi connectivity index (χ4v) is 2.56. The van der Waals surface area contributed by atoms with E-state index in [1.807, 2.05) is 6.92 Å². The topological polar surface area (TPSA) is 80.0 Å². The van der Waals surface area contributed by atoms with Gasteiger partial charge in [-0.1, -0.05) is 5.16 Å². The summed E-state index contributed by atoms with van der Waals surface area (Å²) in [4.78, 5) is 16.4. The van der Waals surface area contributed by atoms with Gasteiger partial charge in [-0.15, -0.1) is 0 Å². The summed E-state index contributed by atoms with van der Waals surface area (Å²) in [7, 11) is 0. The molecular weight excluding hydrogens is 256 g/mol. The molecule has 2 atom stereocenters. The highest BCUT2D eigenvalue weighted by Crippen LogP contribution is 2.17. The molecule has 3 heterocycles. The van der Waals surface area contributed by atoms with E-state index in [0.717, 1.165) is 30.5 Å². The lowest BCUT2D eigenvalue weighted by Gasteiger charge is -2.30. The maximum Gasteiger partial charge on any atom is 0.257 e. The quantitative estimate of drug-likeness (QED) is 0.865. The van der Waals surface area contributed by atoms with Gasteiger partial charge in [-0.05, 0) is 39.3 Å². The number of carbonyl (C=O) groups excluding carboxylic acids is 1. The zero-order valence-corrected chi connectivity index (χ0v) is 11.6. The van der Waals surface area contributed by atoms with Crippen molar-refractivity contribution in [2.75, 3.05) is 6.54 Å². The molecule has 0 spiro atoms. The summed E-state index contributed by atoms with van der Waals surface area (Å²) in [6, 6.07) is 2.24. The predicted octanol–water partition coefficient (Wildman–Crippen LogP) is 1.40. The molecule has 6 nitrogen and oxygen atoms in total. The Morgan fingerprint density at radius 3 is 3.20 bits per heavy atom. The summed E-state index contributed by atoms with van der Waals surface area (Å²) in [6.45, 7) is 4.94. The maximum absolute atomic E-state index is 12.3. The molecule has 2 aromatic heterocycles. The van der Waals surface area contributed by atoms with Crippen LogP contribution in [0.15, 0.2) is 16.8 Å². The minimum absolute atomic E-state index is 0.0967. The second-order valence-corrected chi connectivity index (χ2v) is 5.31. The number of fused-ring (bicyclic) bond motifs is 1. The van der Waals surface area contributed by atoms with Crippen molar-refractivity contribution in [3.63, 3.8) is 0 Å². The largest absolute Gasteiger partial charge is 0.348 e. The second kappa shape index (κ2) is 5.20. The maximum atomic E-state index is 12.3. The molecule has 0 aliphatic carbocycles. The first-order valence-corrected chi connectivity index (χ1v) is 6.91. The van der Waals surface area contributed by atoms with E-state index in [-0.39, 0.29) is 11.9 Å². The van der Waals surface area contributed by atoms with Crippen LogP contribution in [0.5, 0.6) is 0 Å². The number of rotatable bonds is 2. The fraction of sp³-hybridized carbons (Fsp3) is 0.500. The van der Waals surface area contributed by atoms with Crippen LogP contribution in [-0.2, 0) is 0 Å². The Kier molecular flexibility index (Phi) is 3.40. The van der Waals surface area contributed by atoms with Gasteiger partial charge in [0.05, 0.1) is 16.6 Å². The first-order valence-electron chi connectivity index (χ1n) is 6.91. The molecular formula is C14H18N4O2. The molecule has 1 amide bonds. The van der Waals surface area contributed by atoms with Crippen molar-refractivity contribution in [3.05, 3.63) is 23.5 Å². The van der Waals surface area contributed by atoms with Crippen LogP contribution in [0.2, 0.25) is 0 Å². The van der Waals surface area contributed by atoms with Gasteiger partial charge in [0.2, 0.25) is 0 Å². The van der Waals surface area contributed by atoms with Gasteiger partial charge in [-0.25, -0.2) is 4.98 Å². The van der Waals surface area contributed by atoms with E-state index >= 15 is 0 Å². The Morgan fingerprint density at radius 1 is 1.55 bits per heavy atom. The smallest absolute Gasteiger partial charge is 0.257 e. The summed E-state index contributed by atoms with van der Waals surface area (Å²) in [6.07, 6.45) is 3.61. The zero-order chi connectivity index (χ0) is 14.1. The van der Waals surface area contributed by atoms with Crippen LogP contribution >= 0.6 is 0 Å². The Hall–Kier alpha value is -1.95. The van der Waals surface area contributed by atoms with Crippen molar-refractivity contribution in [1.29, 1.82) is 0 Å². The van der Waals surface area contributed by atoms with E-state index in [2.05, 4.69) is 27.7 Å². The normalized spacial score (nSPS) is 22.9. The van der Waals surface area contributed by atoms with Crippen LogP contribution < -0.4 is 10.6 Å². The summed E-state index contributed by atoms with van der Waals surface area (Å²) in [5, 5.41) is 11.1. The molecule has 106 valence electrons. The highest BCUT2D eigenvalue weighted by molar-refractivity contribution is 5.97. The number of nitrogens with zero attached hydrogens (tertiary/aromatic N) is 2. The summed E-state index contributed by atoms with van der Waals surface area (Å²) >= 11 is 0. The van der Waals surface area contributed by atoms with Gasteiger partial charge >= 0.3 is 0 Å². The van der Waals surface area contributed by atoms with Crippen molar-refractivity contribution >= 4 is 17.0 Å². The number of hydrogen-bond donors (Lipinski definition) is 2. The van der Waals surface area contributed by atoms with Gasteiger partial charge in [0.15, 0.2) is 0 Å². The van der Waals surface area contributed by atoms with Crippen molar-refractivity contribution in [2.45, 2.75) is 38.8 Å². The number of piperidine rings is 1. The standard InChI is InChI=1S/C14H18N4O2/c1-8-11-6-10(7-16-14(11)20-18-8)13(19)17-12-4-3-5-15-9(12)2/h6-7,9,12,15H,3-5H2,1-2H3,(H,17,19). The van der Waals surface area contributed by atoms with Crippen molar-refractivity contribution in [3.8, 4) is 0 Å². The highest BCUT2D eigenvalue weighted by Gasteiger charge is 2.23. The van der Waals surface area contributed by atoms with Crippen LogP contribution in [0.25, 0.3) is 11.1 Å². The molecule has 0 saturated carbocycles. The Balaban J connectivity index is 1.79. The van der Waals surface area contributed by atoms with Crippen molar-refractivity contribution < 1.29 is 9.32 Å². The fourth-order valence-electron chi connectivity index (χ4n) is 2.56. The van der Waals surface area contributed by atoms with Crippen molar-refractivity contribution in [1.82, 2.24) is 20.8 Å². The molecule has 1 aliphatic rings. The van der Waals surface area contributed by atoms with Crippen LogP contribution in [0.1, 0.15) is 35.8 Å². The Morgan fingerprint density at radius 2 is 2.40 bits per heavy atom. The number of pyridine rings is 1. The predicted molar refractivity (Wildman–Crippen MR) is 74.5 cm³/mol. The minimum Gasteiger partial charge on any atom is -0.348 e. The van der Waals surface area contributed by atoms with Gasteiger partial charge in [-0.2, -0.15) is 0 Å². The van der Waals surface area contributed by atoms with E-state index < -0.39 is 0 Å². The summed E-state index contributed by atoms with van der Waals surface area (Å²) in [5.41, 5.74) is 1.75. The molecule has 1 fully saturated rings. The van der Waals surface area contributed by atoms with E-state index in [1.54, 1.807) is 6.07 Å². The third kappa shape index (κ3) is 2.38. The number of hydrogen-bond acceptors (Lipinski definition) is 5. The van der Waals surface area contributed by atoms with Crippen LogP contribution in [0.4, 0.5) is 0 Å². The number of nitrogens with one attached hydrogen (secondary N) is 2. The Labute approximate surface area is 116 Å². The third-order valence-electron chi connectivity index (χ3n) is 3.85. The molecule has 0 aromatic carbocycles. The van der Waals surface area contributed by atoms with Gasteiger partial charge in [0, 0.05) is 18.3 Å². The average molecular weight is 274 g/mol. The number of carbonyl (C=O) groups is 1. The molecule has 2 aromatic rings. The SMILES string of the molecule is Cc1noc2ncc(C(=O)NC3CCCNC3C)cc12. The zero-order valence-electron chi connectivity index (χ0n) is 11.6. The third-order valence-corrected chi connectivity index (χ3v) is 3.85. The first-order chi connectivity index (χ1) is 9.65. The number of aromatic nitrogens is 2. The Bertz CT molecular complexity index is 637. The molecule has 2 unspecified atom stereocenters. The first kappa shape index (κ1) is 13.1. The monoisotopic (exact) mass is 274 g/mol. The summed E-state index contributed by atoms with van der Waals surface area (Å²) < 4.78 is 5.05. The molecule has 1 aliphatic heterocycles. The lowest BCUT2D eigenvalue weighted by Crippen LogP contribution is -2.51. The molecule has 1 saturated heterocycles. The van der Waals surface area contributed by atoms with Gasteiger partial charge in [0.1, 0.15) is 0 Å². The lowest BCUT2D eigenvalue weighted by molar-refractivity contribution is 0.0919. The van der Waals surface area contributed by atoms with Crippen LogP contribution in [-0.4, -0.2) is 34.7 Å². The summed E-state index contributed by atoms with van der Waals surface area (Å²) in [5.74, 6) is -0.0967. The number of amides is 1. The highest BCUT2D eigenvalue weighted by atomic mass is 16.5. The van der Waals surface area contributed by atoms with E-state index in [4.69, 9.17) is 4.52 Å². The average Bonchev–Trinajstić information content (AvgIpc) is 2.82. The number of aryl methyl sites for hydroxylation is 1. The molecule has 0 radical (unpaired) electrons. The van der Waals surface area contributed by atoms with E-state index in [0.29, 0.717) is 17.3 Å². The van der Waals surface area contributed by atoms with Gasteiger partial charge in [-0.3, -0.25) is 4.79 Å². The van der Waals surface area contributed by atoms with Gasteiger partial charge < -0.3 is 15.2 Å². The molecule has 20 heavy (non-hydrogen) atoms. The van der Waals surface area contributed by atoms with E-state index in [9.17, 15) is 4.79 Å². The van der Waals surface area contributed by atoms with Crippen molar-refractivity contribution in [2.24, 2.45) is 0 Å². The second-order valence-electron chi connectivity index (χ2n) is 5.31. The molecule has 0 bridgehead atoms. The molecule has 3 rings (SSSR count). The molecule has 6 heteroatoms. The minimum atomic E-state index is -0.0967. The van der Waals surface area contributed by atoms with Gasteiger partial charge in [0.25, 0.3) is 11.6 Å². The van der Waals surface area contributed by atoms with Crippen LogP contribution in [0, 0.1) is 6.92 Å². The van der Waals surface area contributed by atoms with E-state index in [1.165, 1.54) is 6.20 Å². The molecule has 2 N–H and O–H groups in total. The van der Waals surface area contributed by atoms with Crippen LogP contribution in [0.3, 0.4) is 0 Å². The lowest BCUT2D eigenvalue weighted by atomic mass is 9.99.